The molecule has 0 aromatic heterocycles. The van der Waals surface area contributed by atoms with Crippen molar-refractivity contribution in [2.45, 2.75) is 134 Å². The second-order valence-corrected chi connectivity index (χ2v) is 63.9. The van der Waals surface area contributed by atoms with Crippen LogP contribution in [-0.4, -0.2) is 25.1 Å². The molecule has 40 heavy (non-hydrogen) atoms. The third-order valence-corrected chi connectivity index (χ3v) is 59.3. The van der Waals surface area contributed by atoms with Crippen molar-refractivity contribution in [1.29, 1.82) is 0 Å². The van der Waals surface area contributed by atoms with Crippen LogP contribution in [0.4, 0.5) is 0 Å². The van der Waals surface area contributed by atoms with Crippen molar-refractivity contribution in [2.24, 2.45) is 11.8 Å². The molecular formula is C32H64Cl2Hf2N2Si2. The molecule has 0 fully saturated rings. The predicted octanol–water partition coefficient (Wildman–Crippen LogP) is 3.09. The second kappa shape index (κ2) is 22.2. The van der Waals surface area contributed by atoms with Crippen molar-refractivity contribution < 1.29 is 66.6 Å². The van der Waals surface area contributed by atoms with Crippen LogP contribution in [0.1, 0.15) is 108 Å². The SMILES string of the molecule is CCCCC[NH][Hf+]([C]1=C(C)C(C)=C(C)C1C)[SiH](C)C.CCCCC[NH][Hf+]([C]1=C(C)C(C)=C(C)C1C)[SiH](C)C.[Cl-].[Cl-]. The van der Waals surface area contributed by atoms with Crippen molar-refractivity contribution in [3.63, 3.8) is 0 Å². The Morgan fingerprint density at radius 2 is 0.850 bits per heavy atom. The maximum absolute atomic E-state index is 4.09. The molecule has 2 atom stereocenters. The molecule has 0 heterocycles. The molecule has 0 spiro atoms. The number of allylic oxidation sites excluding steroid dienone is 8. The zero-order chi connectivity index (χ0) is 29.2. The number of rotatable bonds is 14. The third kappa shape index (κ3) is 12.2. The summed E-state index contributed by atoms with van der Waals surface area (Å²) in [6, 6.07) is 0. The van der Waals surface area contributed by atoms with Gasteiger partial charge >= 0.3 is 259 Å². The number of unbranched alkanes of at least 4 members (excludes halogenated alkanes) is 4. The molecule has 2 nitrogen and oxygen atoms in total. The molecule has 0 bridgehead atoms. The fraction of sp³-hybridized carbons (Fsp3) is 0.750. The van der Waals surface area contributed by atoms with E-state index in [1.165, 1.54) is 51.6 Å². The first-order valence-corrected chi connectivity index (χ1v) is 41.2. The number of halogens is 2. The van der Waals surface area contributed by atoms with Crippen LogP contribution in [0.15, 0.2) is 40.1 Å². The standard InChI is InChI=1S/2C9H13.2C5H12N.2C2H7Si.2ClH.2Hf/c2*1-6-5-7(2)9(4)8(6)3;2*1-2-3-4-5-6;2*1-3-2;;;;/h2*6H,1-4H3;2*6H,2-5H2,1H3;2*3H,1-2H3;2*1H;;/q;;2*-1;;;;;2*+2/p-2. The van der Waals surface area contributed by atoms with Gasteiger partial charge in [0.2, 0.25) is 0 Å². The first-order chi connectivity index (χ1) is 17.8. The smallest absolute Gasteiger partial charge is 1.00 e. The van der Waals surface area contributed by atoms with E-state index in [0.29, 0.717) is 0 Å². The summed E-state index contributed by atoms with van der Waals surface area (Å²) in [6.45, 7) is 36.4. The Hall–Kier alpha value is 1.63. The van der Waals surface area contributed by atoms with Gasteiger partial charge in [0.05, 0.1) is 0 Å². The number of nitrogens with one attached hydrogen (secondary N) is 2. The second-order valence-electron chi connectivity index (χ2n) is 12.5. The molecule has 2 aliphatic rings. The van der Waals surface area contributed by atoms with Gasteiger partial charge < -0.3 is 24.8 Å². The summed E-state index contributed by atoms with van der Waals surface area (Å²) in [4.78, 5) is 0. The van der Waals surface area contributed by atoms with Crippen molar-refractivity contribution in [3.8, 4) is 0 Å². The maximum atomic E-state index is 4.09. The van der Waals surface area contributed by atoms with Gasteiger partial charge in [-0.25, -0.2) is 0 Å². The Balaban J connectivity index is 0. The molecular weight excluding hydrogens is 896 g/mol. The Morgan fingerprint density at radius 1 is 0.550 bits per heavy atom. The van der Waals surface area contributed by atoms with Crippen LogP contribution < -0.4 is 31.4 Å². The summed E-state index contributed by atoms with van der Waals surface area (Å²) in [5.74, 6) is 0.483. The van der Waals surface area contributed by atoms with Crippen molar-refractivity contribution in [1.82, 2.24) is 6.61 Å². The van der Waals surface area contributed by atoms with Gasteiger partial charge in [-0.2, -0.15) is 0 Å². The van der Waals surface area contributed by atoms with Gasteiger partial charge in [-0.05, 0) is 0 Å². The Kier molecular flexibility index (Phi) is 24.3. The van der Waals surface area contributed by atoms with Crippen molar-refractivity contribution >= 4 is 12.0 Å². The van der Waals surface area contributed by atoms with Crippen molar-refractivity contribution in [3.05, 3.63) is 40.1 Å². The van der Waals surface area contributed by atoms with Crippen LogP contribution in [0, 0.1) is 11.8 Å². The molecule has 0 saturated carbocycles. The predicted molar refractivity (Wildman–Crippen MR) is 173 cm³/mol. The van der Waals surface area contributed by atoms with Gasteiger partial charge in [-0.15, -0.1) is 0 Å². The molecule has 8 heteroatoms. The minimum absolute atomic E-state index is 0. The normalized spacial score (nSPS) is 18.9. The fourth-order valence-corrected chi connectivity index (χ4v) is 54.0. The van der Waals surface area contributed by atoms with Crippen LogP contribution in [0.25, 0.3) is 0 Å². The van der Waals surface area contributed by atoms with E-state index in [-0.39, 0.29) is 24.8 Å². The first kappa shape index (κ1) is 43.8. The van der Waals surface area contributed by atoms with Gasteiger partial charge in [0, 0.05) is 0 Å². The zero-order valence-electron chi connectivity index (χ0n) is 28.7. The molecule has 0 aliphatic heterocycles. The van der Waals surface area contributed by atoms with Crippen molar-refractivity contribution in [2.75, 3.05) is 13.1 Å². The van der Waals surface area contributed by atoms with Gasteiger partial charge in [0.15, 0.2) is 0 Å². The minimum atomic E-state index is -1.69. The van der Waals surface area contributed by atoms with E-state index in [9.17, 15) is 0 Å². The Bertz CT molecular complexity index is 825. The maximum Gasteiger partial charge on any atom is -1.00 e. The minimum Gasteiger partial charge on any atom is -1.00 e. The summed E-state index contributed by atoms with van der Waals surface area (Å²) in [5.41, 5.74) is 9.79. The molecule has 232 valence electrons. The van der Waals surface area contributed by atoms with Crippen LogP contribution >= 0.6 is 0 Å². The quantitative estimate of drug-likeness (QED) is 0.207. The summed E-state index contributed by atoms with van der Waals surface area (Å²) >= 11 is -3.39. The molecule has 0 radical (unpaired) electrons. The Labute approximate surface area is 281 Å². The van der Waals surface area contributed by atoms with Crippen LogP contribution in [-0.2, 0) is 41.8 Å². The van der Waals surface area contributed by atoms with Crippen LogP contribution in [0.5, 0.6) is 0 Å². The summed E-state index contributed by atoms with van der Waals surface area (Å²) in [5, 5.41) is 0. The Morgan fingerprint density at radius 3 is 1.05 bits per heavy atom. The zero-order valence-corrected chi connectivity index (χ0v) is 39.7. The summed E-state index contributed by atoms with van der Waals surface area (Å²) < 4.78 is 12.0. The van der Waals surface area contributed by atoms with E-state index < -0.39 is 53.8 Å². The summed E-state index contributed by atoms with van der Waals surface area (Å²) in [7, 11) is 0. The van der Waals surface area contributed by atoms with E-state index in [0.717, 1.165) is 11.8 Å². The van der Waals surface area contributed by atoms with E-state index in [1.54, 1.807) is 33.4 Å². The molecule has 2 unspecified atom stereocenters. The average molecular weight is 961 g/mol. The molecule has 2 aliphatic carbocycles. The summed E-state index contributed by atoms with van der Waals surface area (Å²) in [6.07, 6.45) is 8.18. The van der Waals surface area contributed by atoms with E-state index in [2.05, 4.69) is 102 Å². The average Bonchev–Trinajstić information content (AvgIpc) is 3.18. The fourth-order valence-electron chi connectivity index (χ4n) is 6.01. The van der Waals surface area contributed by atoms with E-state index in [4.69, 9.17) is 0 Å². The third-order valence-electron chi connectivity index (χ3n) is 9.21. The largest absolute Gasteiger partial charge is 1.00 e. The number of hydrogen-bond donors (Lipinski definition) is 2. The van der Waals surface area contributed by atoms with E-state index in [1.807, 2.05) is 6.66 Å². The molecule has 0 aromatic carbocycles. The van der Waals surface area contributed by atoms with Gasteiger partial charge in [0.1, 0.15) is 0 Å². The molecule has 2 rings (SSSR count). The van der Waals surface area contributed by atoms with E-state index >= 15 is 0 Å². The van der Waals surface area contributed by atoms with Gasteiger partial charge in [0.25, 0.3) is 0 Å². The molecule has 2 N–H and O–H groups in total. The molecule has 0 aromatic rings. The number of hydrogen-bond acceptors (Lipinski definition) is 2. The van der Waals surface area contributed by atoms with Gasteiger partial charge in [-0.1, -0.05) is 0 Å². The molecule has 0 saturated heterocycles. The monoisotopic (exact) mass is 962 g/mol. The van der Waals surface area contributed by atoms with Crippen LogP contribution in [0.2, 0.25) is 26.2 Å². The topological polar surface area (TPSA) is 24.1 Å². The van der Waals surface area contributed by atoms with Gasteiger partial charge in [-0.3, -0.25) is 0 Å². The first-order valence-electron chi connectivity index (χ1n) is 15.8. The van der Waals surface area contributed by atoms with Crippen LogP contribution in [0.3, 0.4) is 0 Å². The molecule has 0 amide bonds.